The minimum Gasteiger partial charge on any atom is -0.383 e. The molecule has 8 heteroatoms. The second-order valence-corrected chi connectivity index (χ2v) is 7.43. The first-order valence-electron chi connectivity index (χ1n) is 7.97. The third-order valence-corrected chi connectivity index (χ3v) is 4.73. The number of anilines is 1. The number of ether oxygens (including phenoxy) is 1. The van der Waals surface area contributed by atoms with Crippen LogP contribution in [-0.2, 0) is 31.7 Å². The van der Waals surface area contributed by atoms with Crippen molar-refractivity contribution in [3.05, 3.63) is 65.5 Å². The molecule has 0 bridgehead atoms. The van der Waals surface area contributed by atoms with Crippen molar-refractivity contribution in [2.45, 2.75) is 12.2 Å². The lowest BCUT2D eigenvalue weighted by Gasteiger charge is -2.09. The van der Waals surface area contributed by atoms with Crippen molar-refractivity contribution in [3.8, 4) is 0 Å². The van der Waals surface area contributed by atoms with E-state index in [4.69, 9.17) is 4.74 Å². The summed E-state index contributed by atoms with van der Waals surface area (Å²) in [5.74, 6) is -0.943. The Morgan fingerprint density at radius 2 is 1.85 bits per heavy atom. The zero-order chi connectivity index (χ0) is 19.0. The molecular weight excluding hydrogens is 359 g/mol. The molecule has 0 saturated heterocycles. The van der Waals surface area contributed by atoms with Crippen LogP contribution in [0.2, 0.25) is 0 Å². The summed E-state index contributed by atoms with van der Waals surface area (Å²) >= 11 is 0. The fourth-order valence-electron chi connectivity index (χ4n) is 2.29. The van der Waals surface area contributed by atoms with Crippen LogP contribution in [0, 0.1) is 5.82 Å². The van der Waals surface area contributed by atoms with Crippen LogP contribution in [-0.4, -0.2) is 34.6 Å². The topological polar surface area (TPSA) is 84.5 Å². The summed E-state index contributed by atoms with van der Waals surface area (Å²) in [6.45, 7) is 0.880. The number of carbonyl (C=O) groups is 1. The summed E-state index contributed by atoms with van der Waals surface area (Å²) in [5, 5.41) is 2.71. The lowest BCUT2D eigenvalue weighted by atomic mass is 10.1. The van der Waals surface area contributed by atoms with Crippen molar-refractivity contribution in [2.75, 3.05) is 25.0 Å². The predicted molar refractivity (Wildman–Crippen MR) is 97.7 cm³/mol. The van der Waals surface area contributed by atoms with Gasteiger partial charge in [-0.3, -0.25) is 9.52 Å². The Morgan fingerprint density at radius 1 is 1.12 bits per heavy atom. The summed E-state index contributed by atoms with van der Waals surface area (Å²) in [5.41, 5.74) is 1.50. The van der Waals surface area contributed by atoms with Crippen molar-refractivity contribution in [3.63, 3.8) is 0 Å². The Balaban J connectivity index is 1.92. The van der Waals surface area contributed by atoms with Crippen LogP contribution in [0.4, 0.5) is 10.1 Å². The van der Waals surface area contributed by atoms with Gasteiger partial charge in [0.1, 0.15) is 5.82 Å². The molecule has 140 valence electrons. The minimum absolute atomic E-state index is 0.138. The molecule has 26 heavy (non-hydrogen) atoms. The Hall–Kier alpha value is -2.45. The Kier molecular flexibility index (Phi) is 7.11. The van der Waals surface area contributed by atoms with Gasteiger partial charge in [-0.05, 0) is 35.4 Å². The molecule has 2 rings (SSSR count). The van der Waals surface area contributed by atoms with Crippen molar-refractivity contribution >= 4 is 21.6 Å². The van der Waals surface area contributed by atoms with E-state index >= 15 is 0 Å². The highest BCUT2D eigenvalue weighted by atomic mass is 32.2. The minimum atomic E-state index is -3.67. The van der Waals surface area contributed by atoms with Gasteiger partial charge in [-0.1, -0.05) is 24.3 Å². The zero-order valence-corrected chi connectivity index (χ0v) is 15.2. The fraction of sp³-hybridized carbons (Fsp3) is 0.278. The monoisotopic (exact) mass is 380 g/mol. The second-order valence-electron chi connectivity index (χ2n) is 5.71. The van der Waals surface area contributed by atoms with Gasteiger partial charge < -0.3 is 10.1 Å². The first-order chi connectivity index (χ1) is 12.4. The molecule has 0 radical (unpaired) electrons. The first-order valence-corrected chi connectivity index (χ1v) is 9.63. The first kappa shape index (κ1) is 19.9. The standard InChI is InChI=1S/C18H21FN2O4S/c1-25-10-9-20-18(22)12-14-5-7-17(8-6-14)21-26(23,24)13-15-3-2-4-16(19)11-15/h2-8,11,21H,9-10,12-13H2,1H3,(H,20,22). The van der Waals surface area contributed by atoms with E-state index in [1.54, 1.807) is 37.4 Å². The van der Waals surface area contributed by atoms with Crippen LogP contribution in [0.15, 0.2) is 48.5 Å². The molecule has 0 saturated carbocycles. The van der Waals surface area contributed by atoms with E-state index in [0.29, 0.717) is 24.4 Å². The molecule has 6 nitrogen and oxygen atoms in total. The van der Waals surface area contributed by atoms with E-state index < -0.39 is 15.8 Å². The van der Waals surface area contributed by atoms with Crippen molar-refractivity contribution in [1.29, 1.82) is 0 Å². The lowest BCUT2D eigenvalue weighted by Crippen LogP contribution is -2.28. The molecular formula is C18H21FN2O4S. The molecule has 0 aromatic heterocycles. The van der Waals surface area contributed by atoms with Crippen molar-refractivity contribution in [2.24, 2.45) is 0 Å². The number of hydrogen-bond donors (Lipinski definition) is 2. The fourth-order valence-corrected chi connectivity index (χ4v) is 3.48. The van der Waals surface area contributed by atoms with Crippen LogP contribution < -0.4 is 10.0 Å². The average Bonchev–Trinajstić information content (AvgIpc) is 2.56. The highest BCUT2D eigenvalue weighted by molar-refractivity contribution is 7.91. The molecule has 0 unspecified atom stereocenters. The van der Waals surface area contributed by atoms with Crippen molar-refractivity contribution in [1.82, 2.24) is 5.32 Å². The number of carbonyl (C=O) groups excluding carboxylic acids is 1. The molecule has 0 aliphatic heterocycles. The molecule has 0 fully saturated rings. The van der Waals surface area contributed by atoms with Crippen molar-refractivity contribution < 1.29 is 22.3 Å². The molecule has 2 aromatic rings. The van der Waals surface area contributed by atoms with Gasteiger partial charge in [0.2, 0.25) is 15.9 Å². The summed E-state index contributed by atoms with van der Waals surface area (Å²) < 4.78 is 44.8. The van der Waals surface area contributed by atoms with Gasteiger partial charge in [0.25, 0.3) is 0 Å². The van der Waals surface area contributed by atoms with E-state index in [1.165, 1.54) is 18.2 Å². The number of methoxy groups -OCH3 is 1. The normalized spacial score (nSPS) is 11.2. The molecule has 0 atom stereocenters. The number of rotatable bonds is 9. The Labute approximate surface area is 152 Å². The smallest absolute Gasteiger partial charge is 0.236 e. The molecule has 0 heterocycles. The summed E-state index contributed by atoms with van der Waals surface area (Å²) in [6.07, 6.45) is 0.194. The maximum Gasteiger partial charge on any atom is 0.236 e. The van der Waals surface area contributed by atoms with E-state index in [2.05, 4.69) is 10.0 Å². The highest BCUT2D eigenvalue weighted by Crippen LogP contribution is 2.15. The third kappa shape index (κ3) is 6.81. The summed E-state index contributed by atoms with van der Waals surface area (Å²) in [4.78, 5) is 11.7. The van der Waals surface area contributed by atoms with Crippen LogP contribution in [0.1, 0.15) is 11.1 Å². The van der Waals surface area contributed by atoms with Gasteiger partial charge in [-0.25, -0.2) is 12.8 Å². The third-order valence-electron chi connectivity index (χ3n) is 3.47. The van der Waals surface area contributed by atoms with Crippen LogP contribution in [0.5, 0.6) is 0 Å². The van der Waals surface area contributed by atoms with Crippen LogP contribution >= 0.6 is 0 Å². The number of halogens is 1. The molecule has 0 aliphatic rings. The van der Waals surface area contributed by atoms with Gasteiger partial charge in [-0.15, -0.1) is 0 Å². The molecule has 0 spiro atoms. The summed E-state index contributed by atoms with van der Waals surface area (Å²) in [7, 11) is -2.11. The van der Waals surface area contributed by atoms with Gasteiger partial charge >= 0.3 is 0 Å². The SMILES string of the molecule is COCCNC(=O)Cc1ccc(NS(=O)(=O)Cc2cccc(F)c2)cc1. The van der Waals surface area contributed by atoms with Gasteiger partial charge in [0.15, 0.2) is 0 Å². The average molecular weight is 380 g/mol. The van der Waals surface area contributed by atoms with Gasteiger partial charge in [-0.2, -0.15) is 0 Å². The highest BCUT2D eigenvalue weighted by Gasteiger charge is 2.12. The molecule has 2 aromatic carbocycles. The number of sulfonamides is 1. The van der Waals surface area contributed by atoms with Gasteiger partial charge in [0, 0.05) is 19.3 Å². The molecule has 0 aliphatic carbocycles. The molecule has 1 amide bonds. The van der Waals surface area contributed by atoms with Crippen LogP contribution in [0.3, 0.4) is 0 Å². The van der Waals surface area contributed by atoms with Crippen LogP contribution in [0.25, 0.3) is 0 Å². The number of amides is 1. The Bertz CT molecular complexity index is 839. The largest absolute Gasteiger partial charge is 0.383 e. The van der Waals surface area contributed by atoms with Gasteiger partial charge in [0.05, 0.1) is 18.8 Å². The van der Waals surface area contributed by atoms with E-state index in [-0.39, 0.29) is 18.1 Å². The second kappa shape index (κ2) is 9.30. The lowest BCUT2D eigenvalue weighted by molar-refractivity contribution is -0.120. The maximum absolute atomic E-state index is 13.2. The van der Waals surface area contributed by atoms with E-state index in [1.807, 2.05) is 0 Å². The van der Waals surface area contributed by atoms with E-state index in [9.17, 15) is 17.6 Å². The quantitative estimate of drug-likeness (QED) is 0.653. The predicted octanol–water partition coefficient (Wildman–Crippen LogP) is 2.07. The number of benzene rings is 2. The van der Waals surface area contributed by atoms with E-state index in [0.717, 1.165) is 5.56 Å². The number of hydrogen-bond acceptors (Lipinski definition) is 4. The maximum atomic E-state index is 13.2. The molecule has 2 N–H and O–H groups in total. The Morgan fingerprint density at radius 3 is 2.50 bits per heavy atom. The number of nitrogens with one attached hydrogen (secondary N) is 2. The zero-order valence-electron chi connectivity index (χ0n) is 14.4. The summed E-state index contributed by atoms with van der Waals surface area (Å²) in [6, 6.07) is 12.0.